The van der Waals surface area contributed by atoms with Crippen molar-refractivity contribution in [3.05, 3.63) is 6.20 Å². The van der Waals surface area contributed by atoms with E-state index in [0.29, 0.717) is 5.95 Å². The average molecular weight is 290 g/mol. The van der Waals surface area contributed by atoms with Crippen LogP contribution in [0.4, 0.5) is 11.8 Å². The average Bonchev–Trinajstić information content (AvgIpc) is 2.99. The highest BCUT2D eigenvalue weighted by Crippen LogP contribution is 2.28. The lowest BCUT2D eigenvalue weighted by atomic mass is 9.90. The van der Waals surface area contributed by atoms with Gasteiger partial charge >= 0.3 is 0 Å². The highest BCUT2D eigenvalue weighted by Gasteiger charge is 2.25. The summed E-state index contributed by atoms with van der Waals surface area (Å²) < 4.78 is 0. The van der Waals surface area contributed by atoms with Crippen molar-refractivity contribution < 1.29 is 0 Å². The van der Waals surface area contributed by atoms with Crippen molar-refractivity contribution >= 4 is 22.8 Å². The van der Waals surface area contributed by atoms with Gasteiger partial charge in [-0.25, -0.2) is 0 Å². The molecule has 0 fully saturated rings. The van der Waals surface area contributed by atoms with Gasteiger partial charge < -0.3 is 10.6 Å². The van der Waals surface area contributed by atoms with Gasteiger partial charge in [0.1, 0.15) is 5.82 Å². The van der Waals surface area contributed by atoms with Gasteiger partial charge in [-0.15, -0.1) is 0 Å². The molecule has 6 heteroatoms. The molecule has 0 atom stereocenters. The second-order valence-electron chi connectivity index (χ2n) is 5.42. The number of H-pyrrole nitrogens is 1. The molecular formula is C15H26N6. The van der Waals surface area contributed by atoms with Crippen molar-refractivity contribution in [2.24, 2.45) is 0 Å². The van der Waals surface area contributed by atoms with E-state index in [2.05, 4.69) is 58.5 Å². The molecular weight excluding hydrogens is 264 g/mol. The van der Waals surface area contributed by atoms with Gasteiger partial charge in [0, 0.05) is 12.1 Å². The van der Waals surface area contributed by atoms with Crippen molar-refractivity contribution in [2.75, 3.05) is 17.2 Å². The number of nitrogens with one attached hydrogen (secondary N) is 3. The molecule has 116 valence electrons. The largest absolute Gasteiger partial charge is 0.364 e. The summed E-state index contributed by atoms with van der Waals surface area (Å²) in [4.78, 5) is 9.11. The van der Waals surface area contributed by atoms with Crippen LogP contribution in [0.5, 0.6) is 0 Å². The first-order valence-electron chi connectivity index (χ1n) is 7.91. The van der Waals surface area contributed by atoms with Crippen LogP contribution in [0, 0.1) is 0 Å². The van der Waals surface area contributed by atoms with E-state index in [1.165, 1.54) is 0 Å². The Morgan fingerprint density at radius 2 is 1.81 bits per heavy atom. The third kappa shape index (κ3) is 3.25. The van der Waals surface area contributed by atoms with Crippen LogP contribution in [0.1, 0.15) is 53.4 Å². The first kappa shape index (κ1) is 15.5. The number of rotatable bonds is 8. The number of nitrogens with zero attached hydrogens (tertiary/aromatic N) is 3. The number of aromatic amines is 1. The zero-order chi connectivity index (χ0) is 15.3. The molecule has 0 aliphatic rings. The van der Waals surface area contributed by atoms with Gasteiger partial charge in [0.15, 0.2) is 5.65 Å². The highest BCUT2D eigenvalue weighted by molar-refractivity contribution is 5.87. The molecule has 0 spiro atoms. The van der Waals surface area contributed by atoms with Crippen molar-refractivity contribution in [1.29, 1.82) is 0 Å². The molecule has 3 N–H and O–H groups in total. The first-order valence-corrected chi connectivity index (χ1v) is 7.91. The van der Waals surface area contributed by atoms with E-state index in [9.17, 15) is 0 Å². The predicted octanol–water partition coefficient (Wildman–Crippen LogP) is 3.56. The second-order valence-corrected chi connectivity index (χ2v) is 5.42. The second kappa shape index (κ2) is 6.74. The topological polar surface area (TPSA) is 78.5 Å². The third-order valence-corrected chi connectivity index (χ3v) is 4.26. The standard InChI is InChI=1S/C15H26N6/c1-5-9-16-14-18-12(11-10-17-21-13(11)19-14)20-15(6-2,7-3)8-4/h10H,5-9H2,1-4H3,(H3,16,17,18,19,20,21). The summed E-state index contributed by atoms with van der Waals surface area (Å²) in [6, 6.07) is 0. The SMILES string of the molecule is CCCNc1nc(NC(CC)(CC)CC)c2cn[nH]c2n1. The lowest BCUT2D eigenvalue weighted by molar-refractivity contribution is 0.419. The minimum absolute atomic E-state index is 0.0700. The maximum Gasteiger partial charge on any atom is 0.226 e. The number of anilines is 2. The van der Waals surface area contributed by atoms with Crippen molar-refractivity contribution in [3.63, 3.8) is 0 Å². The molecule has 0 aromatic carbocycles. The first-order chi connectivity index (χ1) is 10.2. The zero-order valence-corrected chi connectivity index (χ0v) is 13.5. The van der Waals surface area contributed by atoms with Crippen LogP contribution in [0.3, 0.4) is 0 Å². The molecule has 2 heterocycles. The molecule has 21 heavy (non-hydrogen) atoms. The molecule has 2 rings (SSSR count). The molecule has 0 amide bonds. The Labute approximate surface area is 126 Å². The van der Waals surface area contributed by atoms with Gasteiger partial charge in [0.05, 0.1) is 11.6 Å². The number of hydrogen-bond acceptors (Lipinski definition) is 5. The molecule has 6 nitrogen and oxygen atoms in total. The molecule has 2 aromatic heterocycles. The van der Waals surface area contributed by atoms with Gasteiger partial charge in [-0.3, -0.25) is 5.10 Å². The van der Waals surface area contributed by atoms with Gasteiger partial charge in [0.2, 0.25) is 5.95 Å². The summed E-state index contributed by atoms with van der Waals surface area (Å²) in [6.07, 6.45) is 5.99. The summed E-state index contributed by atoms with van der Waals surface area (Å²) in [5.41, 5.74) is 0.837. The highest BCUT2D eigenvalue weighted by atomic mass is 15.2. The molecule has 0 saturated heterocycles. The van der Waals surface area contributed by atoms with Crippen LogP contribution >= 0.6 is 0 Å². The van der Waals surface area contributed by atoms with Gasteiger partial charge in [-0.05, 0) is 25.7 Å². The van der Waals surface area contributed by atoms with Gasteiger partial charge in [-0.1, -0.05) is 27.7 Å². The lowest BCUT2D eigenvalue weighted by Gasteiger charge is -2.32. The summed E-state index contributed by atoms with van der Waals surface area (Å²) in [5.74, 6) is 1.51. The quantitative estimate of drug-likeness (QED) is 0.693. The van der Waals surface area contributed by atoms with E-state index < -0.39 is 0 Å². The lowest BCUT2D eigenvalue weighted by Crippen LogP contribution is -2.36. The van der Waals surface area contributed by atoms with Crippen LogP contribution in [0.2, 0.25) is 0 Å². The summed E-state index contributed by atoms with van der Waals surface area (Å²) in [5, 5.41) is 14.9. The molecule has 2 aromatic rings. The van der Waals surface area contributed by atoms with E-state index in [-0.39, 0.29) is 5.54 Å². The Morgan fingerprint density at radius 3 is 2.43 bits per heavy atom. The fourth-order valence-corrected chi connectivity index (χ4v) is 2.51. The summed E-state index contributed by atoms with van der Waals surface area (Å²) in [6.45, 7) is 9.62. The zero-order valence-electron chi connectivity index (χ0n) is 13.5. The smallest absolute Gasteiger partial charge is 0.226 e. The van der Waals surface area contributed by atoms with E-state index in [4.69, 9.17) is 0 Å². The summed E-state index contributed by atoms with van der Waals surface area (Å²) >= 11 is 0. The molecule has 0 radical (unpaired) electrons. The molecule has 0 aliphatic carbocycles. The number of hydrogen-bond donors (Lipinski definition) is 3. The minimum Gasteiger partial charge on any atom is -0.364 e. The normalized spacial score (nSPS) is 11.8. The van der Waals surface area contributed by atoms with Crippen molar-refractivity contribution in [2.45, 2.75) is 58.9 Å². The maximum atomic E-state index is 4.65. The van der Waals surface area contributed by atoms with E-state index in [0.717, 1.165) is 49.1 Å². The van der Waals surface area contributed by atoms with Crippen LogP contribution in [0.15, 0.2) is 6.20 Å². The Hall–Kier alpha value is -1.85. The van der Waals surface area contributed by atoms with Crippen molar-refractivity contribution in [3.8, 4) is 0 Å². The third-order valence-electron chi connectivity index (χ3n) is 4.26. The van der Waals surface area contributed by atoms with E-state index in [1.807, 2.05) is 0 Å². The van der Waals surface area contributed by atoms with Crippen LogP contribution < -0.4 is 10.6 Å². The van der Waals surface area contributed by atoms with E-state index >= 15 is 0 Å². The fraction of sp³-hybridized carbons (Fsp3) is 0.667. The Balaban J connectivity index is 2.38. The number of fused-ring (bicyclic) bond motifs is 1. The van der Waals surface area contributed by atoms with Crippen LogP contribution in [-0.2, 0) is 0 Å². The number of aromatic nitrogens is 4. The molecule has 0 bridgehead atoms. The fourth-order valence-electron chi connectivity index (χ4n) is 2.51. The Morgan fingerprint density at radius 1 is 1.10 bits per heavy atom. The molecule has 0 saturated carbocycles. The maximum absolute atomic E-state index is 4.65. The monoisotopic (exact) mass is 290 g/mol. The predicted molar refractivity (Wildman–Crippen MR) is 87.7 cm³/mol. The van der Waals surface area contributed by atoms with Gasteiger partial charge in [0.25, 0.3) is 0 Å². The van der Waals surface area contributed by atoms with Crippen LogP contribution in [-0.4, -0.2) is 32.2 Å². The molecule has 0 aliphatic heterocycles. The minimum atomic E-state index is 0.0700. The molecule has 0 unspecified atom stereocenters. The van der Waals surface area contributed by atoms with Crippen molar-refractivity contribution in [1.82, 2.24) is 20.2 Å². The Kier molecular flexibility index (Phi) is 4.98. The summed E-state index contributed by atoms with van der Waals surface area (Å²) in [7, 11) is 0. The van der Waals surface area contributed by atoms with Crippen LogP contribution in [0.25, 0.3) is 11.0 Å². The Bertz CT molecular complexity index is 564. The van der Waals surface area contributed by atoms with Gasteiger partial charge in [-0.2, -0.15) is 15.1 Å². The van der Waals surface area contributed by atoms with E-state index in [1.54, 1.807) is 6.20 Å².